The summed E-state index contributed by atoms with van der Waals surface area (Å²) in [5.41, 5.74) is 2.42. The molecule has 1 aromatic carbocycles. The average molecular weight is 312 g/mol. The first kappa shape index (κ1) is 13.6. The Morgan fingerprint density at radius 2 is 1.90 bits per heavy atom. The van der Waals surface area contributed by atoms with Crippen molar-refractivity contribution >= 4 is 34.8 Å². The largest absolute Gasteiger partial charge is 0.323 e. The van der Waals surface area contributed by atoms with Crippen molar-refractivity contribution in [2.75, 3.05) is 5.32 Å². The van der Waals surface area contributed by atoms with E-state index in [1.54, 1.807) is 0 Å². The highest BCUT2D eigenvalue weighted by Crippen LogP contribution is 2.29. The fourth-order valence-corrected chi connectivity index (χ4v) is 2.77. The van der Waals surface area contributed by atoms with E-state index in [9.17, 15) is 4.39 Å². The fraction of sp³-hybridized carbons (Fsp3) is 0.286. The number of fused-ring (bicyclic) bond motifs is 1. The van der Waals surface area contributed by atoms with E-state index in [1.807, 2.05) is 0 Å². The van der Waals surface area contributed by atoms with E-state index in [2.05, 4.69) is 15.3 Å². The summed E-state index contributed by atoms with van der Waals surface area (Å²) in [6, 6.07) is 4.09. The molecule has 0 saturated heterocycles. The van der Waals surface area contributed by atoms with Crippen LogP contribution in [0.25, 0.3) is 0 Å². The number of anilines is 2. The predicted octanol–water partition coefficient (Wildman–Crippen LogP) is 4.54. The third-order valence-corrected chi connectivity index (χ3v) is 3.95. The molecule has 0 aliphatic heterocycles. The van der Waals surface area contributed by atoms with Crippen molar-refractivity contribution in [2.45, 2.75) is 25.7 Å². The van der Waals surface area contributed by atoms with E-state index in [1.165, 1.54) is 18.2 Å². The van der Waals surface area contributed by atoms with Crippen LogP contribution in [-0.4, -0.2) is 9.97 Å². The monoisotopic (exact) mass is 311 g/mol. The molecule has 0 atom stereocenters. The molecule has 104 valence electrons. The zero-order chi connectivity index (χ0) is 14.1. The summed E-state index contributed by atoms with van der Waals surface area (Å²) in [6.07, 6.45) is 4.01. The van der Waals surface area contributed by atoms with Gasteiger partial charge in [-0.1, -0.05) is 23.2 Å². The molecule has 3 nitrogen and oxygen atoms in total. The highest BCUT2D eigenvalue weighted by Gasteiger charge is 2.17. The van der Waals surface area contributed by atoms with Gasteiger partial charge in [-0.3, -0.25) is 0 Å². The molecule has 1 N–H and O–H groups in total. The Morgan fingerprint density at radius 3 is 2.75 bits per heavy atom. The van der Waals surface area contributed by atoms with E-state index in [-0.39, 0.29) is 5.82 Å². The first-order valence-electron chi connectivity index (χ1n) is 6.41. The first-order chi connectivity index (χ1) is 9.63. The van der Waals surface area contributed by atoms with Gasteiger partial charge < -0.3 is 5.32 Å². The molecule has 0 amide bonds. The van der Waals surface area contributed by atoms with Crippen molar-refractivity contribution < 1.29 is 4.39 Å². The average Bonchev–Trinajstić information content (AvgIpc) is 2.43. The van der Waals surface area contributed by atoms with E-state index in [4.69, 9.17) is 23.2 Å². The lowest BCUT2D eigenvalue weighted by Gasteiger charge is -2.17. The van der Waals surface area contributed by atoms with Gasteiger partial charge in [0.1, 0.15) is 11.0 Å². The third kappa shape index (κ3) is 2.72. The van der Waals surface area contributed by atoms with Crippen LogP contribution in [0.1, 0.15) is 24.1 Å². The van der Waals surface area contributed by atoms with E-state index in [0.717, 1.165) is 36.9 Å². The topological polar surface area (TPSA) is 37.8 Å². The molecule has 20 heavy (non-hydrogen) atoms. The number of benzene rings is 1. The first-order valence-corrected chi connectivity index (χ1v) is 7.16. The quantitative estimate of drug-likeness (QED) is 0.827. The summed E-state index contributed by atoms with van der Waals surface area (Å²) in [7, 11) is 0. The molecule has 2 aromatic rings. The van der Waals surface area contributed by atoms with Crippen LogP contribution in [0.15, 0.2) is 18.2 Å². The third-order valence-electron chi connectivity index (χ3n) is 3.31. The van der Waals surface area contributed by atoms with Gasteiger partial charge in [0.05, 0.1) is 16.4 Å². The number of hydrogen-bond donors (Lipinski definition) is 1. The van der Waals surface area contributed by atoms with Gasteiger partial charge in [0.15, 0.2) is 0 Å². The van der Waals surface area contributed by atoms with Gasteiger partial charge in [0.2, 0.25) is 5.95 Å². The van der Waals surface area contributed by atoms with Crippen LogP contribution < -0.4 is 5.32 Å². The highest BCUT2D eigenvalue weighted by molar-refractivity contribution is 6.33. The standard InChI is InChI=1S/C14H12Cl2FN3/c15-10-6-5-8(17)7-12(10)19-14-18-11-4-2-1-3-9(11)13(16)20-14/h5-7H,1-4H2,(H,18,19,20). The predicted molar refractivity (Wildman–Crippen MR) is 78.4 cm³/mol. The molecule has 1 heterocycles. The summed E-state index contributed by atoms with van der Waals surface area (Å²) < 4.78 is 13.2. The van der Waals surface area contributed by atoms with Gasteiger partial charge in [0, 0.05) is 5.56 Å². The second kappa shape index (κ2) is 5.54. The van der Waals surface area contributed by atoms with Crippen LogP contribution in [0.3, 0.4) is 0 Å². The number of aromatic nitrogens is 2. The van der Waals surface area contributed by atoms with E-state index < -0.39 is 0 Å². The summed E-state index contributed by atoms with van der Waals surface area (Å²) in [4.78, 5) is 8.67. The molecule has 0 fully saturated rings. The minimum absolute atomic E-state index is 0.350. The normalized spacial score (nSPS) is 13.9. The zero-order valence-corrected chi connectivity index (χ0v) is 12.1. The van der Waals surface area contributed by atoms with Crippen LogP contribution in [0.5, 0.6) is 0 Å². The lowest BCUT2D eigenvalue weighted by atomic mass is 9.97. The molecule has 0 unspecified atom stereocenters. The maximum absolute atomic E-state index is 13.2. The number of halogens is 3. The molecule has 0 bridgehead atoms. The SMILES string of the molecule is Fc1ccc(Cl)c(Nc2nc(Cl)c3c(n2)CCCC3)c1. The Labute approximate surface area is 126 Å². The number of aryl methyl sites for hydroxylation is 1. The van der Waals surface area contributed by atoms with Gasteiger partial charge in [-0.05, 0) is 43.9 Å². The van der Waals surface area contributed by atoms with Gasteiger partial charge in [-0.15, -0.1) is 0 Å². The molecule has 6 heteroatoms. The van der Waals surface area contributed by atoms with Crippen molar-refractivity contribution in [3.05, 3.63) is 45.4 Å². The van der Waals surface area contributed by atoms with Crippen molar-refractivity contribution in [3.63, 3.8) is 0 Å². The molecular weight excluding hydrogens is 300 g/mol. The second-order valence-corrected chi connectivity index (χ2v) is 5.48. The molecule has 1 aliphatic carbocycles. The zero-order valence-electron chi connectivity index (χ0n) is 10.6. The Morgan fingerprint density at radius 1 is 1.10 bits per heavy atom. The minimum Gasteiger partial charge on any atom is -0.323 e. The van der Waals surface area contributed by atoms with Crippen LogP contribution >= 0.6 is 23.2 Å². The smallest absolute Gasteiger partial charge is 0.228 e. The molecule has 3 rings (SSSR count). The van der Waals surface area contributed by atoms with Crippen LogP contribution in [-0.2, 0) is 12.8 Å². The van der Waals surface area contributed by atoms with Crippen molar-refractivity contribution in [1.82, 2.24) is 9.97 Å². The molecule has 1 aromatic heterocycles. The van der Waals surface area contributed by atoms with Crippen molar-refractivity contribution in [2.24, 2.45) is 0 Å². The molecule has 0 saturated carbocycles. The van der Waals surface area contributed by atoms with Crippen LogP contribution in [0.2, 0.25) is 10.2 Å². The summed E-state index contributed by atoms with van der Waals surface area (Å²) in [5.74, 6) is -0.0240. The minimum atomic E-state index is -0.374. The summed E-state index contributed by atoms with van der Waals surface area (Å²) in [5, 5.41) is 3.79. The lowest BCUT2D eigenvalue weighted by Crippen LogP contribution is -2.10. The Balaban J connectivity index is 1.95. The second-order valence-electron chi connectivity index (χ2n) is 4.72. The van der Waals surface area contributed by atoms with Gasteiger partial charge >= 0.3 is 0 Å². The Bertz CT molecular complexity index is 661. The Hall–Kier alpha value is -1.39. The number of nitrogens with one attached hydrogen (secondary N) is 1. The van der Waals surface area contributed by atoms with Gasteiger partial charge in [-0.2, -0.15) is 0 Å². The number of hydrogen-bond acceptors (Lipinski definition) is 3. The van der Waals surface area contributed by atoms with E-state index in [0.29, 0.717) is 21.8 Å². The Kier molecular flexibility index (Phi) is 3.76. The van der Waals surface area contributed by atoms with Gasteiger partial charge in [0.25, 0.3) is 0 Å². The molecule has 0 radical (unpaired) electrons. The van der Waals surface area contributed by atoms with E-state index >= 15 is 0 Å². The van der Waals surface area contributed by atoms with Crippen molar-refractivity contribution in [1.29, 1.82) is 0 Å². The van der Waals surface area contributed by atoms with Crippen LogP contribution in [0, 0.1) is 5.82 Å². The fourth-order valence-electron chi connectivity index (χ4n) is 2.32. The number of nitrogens with zero attached hydrogens (tertiary/aromatic N) is 2. The summed E-state index contributed by atoms with van der Waals surface area (Å²) >= 11 is 12.2. The maximum Gasteiger partial charge on any atom is 0.228 e. The molecule has 0 spiro atoms. The van der Waals surface area contributed by atoms with Gasteiger partial charge in [-0.25, -0.2) is 14.4 Å². The molecule has 1 aliphatic rings. The van der Waals surface area contributed by atoms with Crippen LogP contribution in [0.4, 0.5) is 16.0 Å². The van der Waals surface area contributed by atoms with Crippen molar-refractivity contribution in [3.8, 4) is 0 Å². The molecular formula is C14H12Cl2FN3. The highest BCUT2D eigenvalue weighted by atomic mass is 35.5. The summed E-state index contributed by atoms with van der Waals surface area (Å²) in [6.45, 7) is 0. The maximum atomic E-state index is 13.2. The lowest BCUT2D eigenvalue weighted by molar-refractivity contribution is 0.628. The number of rotatable bonds is 2.